The summed E-state index contributed by atoms with van der Waals surface area (Å²) < 4.78 is 0. The zero-order valence-corrected chi connectivity index (χ0v) is 10.5. The quantitative estimate of drug-likeness (QED) is 0.794. The molecule has 1 aliphatic carbocycles. The highest BCUT2D eigenvalue weighted by molar-refractivity contribution is 5.78. The van der Waals surface area contributed by atoms with Gasteiger partial charge in [-0.3, -0.25) is 4.79 Å². The minimum absolute atomic E-state index is 0.0957. The van der Waals surface area contributed by atoms with Gasteiger partial charge in [0.1, 0.15) is 0 Å². The summed E-state index contributed by atoms with van der Waals surface area (Å²) in [4.78, 5) is 16.7. The summed E-state index contributed by atoms with van der Waals surface area (Å²) in [5.41, 5.74) is 1.05. The fourth-order valence-electron chi connectivity index (χ4n) is 2.40. The van der Waals surface area contributed by atoms with E-state index in [9.17, 15) is 4.79 Å². The predicted molar refractivity (Wildman–Crippen MR) is 69.6 cm³/mol. The van der Waals surface area contributed by atoms with Gasteiger partial charge in [0.2, 0.25) is 5.91 Å². The topological polar surface area (TPSA) is 64.3 Å². The first kappa shape index (κ1) is 13.1. The number of carbonyl (C=O) groups excluding carboxylic acids is 1. The molecule has 0 aliphatic heterocycles. The first-order chi connectivity index (χ1) is 8.78. The molecule has 3 N–H and O–H groups in total. The monoisotopic (exact) mass is 248 g/mol. The Morgan fingerprint density at radius 3 is 2.50 bits per heavy atom. The van der Waals surface area contributed by atoms with Crippen LogP contribution in [-0.4, -0.2) is 18.1 Å². The van der Waals surface area contributed by atoms with E-state index >= 15 is 0 Å². The number of hydrogen-bond donors (Lipinski definition) is 2. The molecule has 0 aromatic heterocycles. The second-order valence-corrected chi connectivity index (χ2v) is 4.84. The Hall–Kier alpha value is -1.39. The van der Waals surface area contributed by atoms with E-state index in [1.54, 1.807) is 0 Å². The second kappa shape index (κ2) is 6.52. The largest absolute Gasteiger partial charge is 0.353 e. The Kier molecular flexibility index (Phi) is 4.73. The normalized spacial score (nSPS) is 23.6. The van der Waals surface area contributed by atoms with Gasteiger partial charge >= 0.3 is 0 Å². The van der Waals surface area contributed by atoms with E-state index in [1.807, 2.05) is 30.3 Å². The lowest BCUT2D eigenvalue weighted by Gasteiger charge is -2.27. The van der Waals surface area contributed by atoms with Gasteiger partial charge < -0.3 is 10.2 Å². The molecule has 1 saturated carbocycles. The smallest absolute Gasteiger partial charge is 0.224 e. The molecule has 0 heterocycles. The fraction of sp³-hybridized carbons (Fsp3) is 0.500. The third-order valence-electron chi connectivity index (χ3n) is 3.44. The van der Waals surface area contributed by atoms with Crippen LogP contribution >= 0.6 is 0 Å². The Morgan fingerprint density at radius 2 is 1.89 bits per heavy atom. The number of hydrogen-bond acceptors (Lipinski definition) is 3. The summed E-state index contributed by atoms with van der Waals surface area (Å²) in [5.74, 6) is 5.26. The van der Waals surface area contributed by atoms with Gasteiger partial charge in [-0.1, -0.05) is 30.3 Å². The van der Waals surface area contributed by atoms with Gasteiger partial charge in [-0.2, -0.15) is 0 Å². The summed E-state index contributed by atoms with van der Waals surface area (Å²) in [6, 6.07) is 10.1. The SMILES string of the molecule is NOC1CCC(NC(=O)Cc2ccccc2)CC1. The molecule has 18 heavy (non-hydrogen) atoms. The number of nitrogens with two attached hydrogens (primary N) is 1. The van der Waals surface area contributed by atoms with Crippen LogP contribution in [0.15, 0.2) is 30.3 Å². The third-order valence-corrected chi connectivity index (χ3v) is 3.44. The van der Waals surface area contributed by atoms with Crippen LogP contribution in [0.5, 0.6) is 0 Å². The van der Waals surface area contributed by atoms with Crippen LogP contribution in [0.2, 0.25) is 0 Å². The summed E-state index contributed by atoms with van der Waals surface area (Å²) in [7, 11) is 0. The number of carbonyl (C=O) groups is 1. The molecule has 1 aliphatic rings. The molecular formula is C14H20N2O2. The molecule has 0 saturated heterocycles. The van der Waals surface area contributed by atoms with Gasteiger partial charge in [-0.05, 0) is 31.2 Å². The molecule has 0 spiro atoms. The average Bonchev–Trinajstić information content (AvgIpc) is 2.40. The zero-order chi connectivity index (χ0) is 12.8. The van der Waals surface area contributed by atoms with Crippen LogP contribution in [0.25, 0.3) is 0 Å². The molecule has 0 atom stereocenters. The van der Waals surface area contributed by atoms with Crippen molar-refractivity contribution in [1.29, 1.82) is 0 Å². The number of rotatable bonds is 4. The maximum atomic E-state index is 11.9. The van der Waals surface area contributed by atoms with Crippen molar-refractivity contribution in [3.63, 3.8) is 0 Å². The highest BCUT2D eigenvalue weighted by Crippen LogP contribution is 2.20. The maximum Gasteiger partial charge on any atom is 0.224 e. The molecule has 0 radical (unpaired) electrons. The summed E-state index contributed by atoms with van der Waals surface area (Å²) >= 11 is 0. The molecule has 98 valence electrons. The maximum absolute atomic E-state index is 11.9. The highest BCUT2D eigenvalue weighted by Gasteiger charge is 2.22. The lowest BCUT2D eigenvalue weighted by Crippen LogP contribution is -2.40. The molecule has 1 amide bonds. The van der Waals surface area contributed by atoms with Crippen LogP contribution in [0.1, 0.15) is 31.2 Å². The summed E-state index contributed by atoms with van der Waals surface area (Å²) in [6.45, 7) is 0. The fourth-order valence-corrected chi connectivity index (χ4v) is 2.40. The van der Waals surface area contributed by atoms with E-state index in [0.717, 1.165) is 31.2 Å². The molecule has 1 aromatic rings. The highest BCUT2D eigenvalue weighted by atomic mass is 16.6. The van der Waals surface area contributed by atoms with Gasteiger partial charge in [-0.15, -0.1) is 0 Å². The molecule has 2 rings (SSSR count). The molecule has 0 bridgehead atoms. The van der Waals surface area contributed by atoms with Crippen LogP contribution in [0.3, 0.4) is 0 Å². The van der Waals surface area contributed by atoms with Gasteiger partial charge in [-0.25, -0.2) is 5.90 Å². The second-order valence-electron chi connectivity index (χ2n) is 4.84. The first-order valence-electron chi connectivity index (χ1n) is 6.46. The third kappa shape index (κ3) is 3.82. The van der Waals surface area contributed by atoms with E-state index < -0.39 is 0 Å². The molecule has 1 fully saturated rings. The van der Waals surface area contributed by atoms with Crippen LogP contribution in [-0.2, 0) is 16.1 Å². The van der Waals surface area contributed by atoms with Crippen molar-refractivity contribution in [3.05, 3.63) is 35.9 Å². The van der Waals surface area contributed by atoms with Crippen molar-refractivity contribution in [1.82, 2.24) is 5.32 Å². The van der Waals surface area contributed by atoms with E-state index in [-0.39, 0.29) is 18.1 Å². The predicted octanol–water partition coefficient (Wildman–Crippen LogP) is 1.55. The Bertz CT molecular complexity index is 373. The molecule has 1 aromatic carbocycles. The van der Waals surface area contributed by atoms with Gasteiger partial charge in [0.15, 0.2) is 0 Å². The zero-order valence-electron chi connectivity index (χ0n) is 10.5. The van der Waals surface area contributed by atoms with Crippen LogP contribution in [0, 0.1) is 0 Å². The lowest BCUT2D eigenvalue weighted by atomic mass is 9.93. The van der Waals surface area contributed by atoms with E-state index in [2.05, 4.69) is 5.32 Å². The van der Waals surface area contributed by atoms with Crippen molar-refractivity contribution in [3.8, 4) is 0 Å². The molecule has 4 heteroatoms. The van der Waals surface area contributed by atoms with Crippen molar-refractivity contribution in [2.24, 2.45) is 5.90 Å². The molecule has 0 unspecified atom stereocenters. The van der Waals surface area contributed by atoms with Gasteiger partial charge in [0.25, 0.3) is 0 Å². The van der Waals surface area contributed by atoms with Crippen molar-refractivity contribution in [2.75, 3.05) is 0 Å². The first-order valence-corrected chi connectivity index (χ1v) is 6.46. The number of nitrogens with one attached hydrogen (secondary N) is 1. The Labute approximate surface area is 107 Å². The summed E-state index contributed by atoms with van der Waals surface area (Å²) in [6.07, 6.45) is 4.35. The summed E-state index contributed by atoms with van der Waals surface area (Å²) in [5, 5.41) is 3.08. The average molecular weight is 248 g/mol. The van der Waals surface area contributed by atoms with Crippen LogP contribution < -0.4 is 11.2 Å². The van der Waals surface area contributed by atoms with Gasteiger partial charge in [0, 0.05) is 6.04 Å². The van der Waals surface area contributed by atoms with Crippen molar-refractivity contribution in [2.45, 2.75) is 44.2 Å². The Morgan fingerprint density at radius 1 is 1.22 bits per heavy atom. The number of benzene rings is 1. The standard InChI is InChI=1S/C14H20N2O2/c15-18-13-8-6-12(7-9-13)16-14(17)10-11-4-2-1-3-5-11/h1-5,12-13H,6-10,15H2,(H,16,17). The van der Waals surface area contributed by atoms with E-state index in [1.165, 1.54) is 0 Å². The molecular weight excluding hydrogens is 228 g/mol. The van der Waals surface area contributed by atoms with Gasteiger partial charge in [0.05, 0.1) is 12.5 Å². The van der Waals surface area contributed by atoms with Crippen molar-refractivity contribution < 1.29 is 9.63 Å². The van der Waals surface area contributed by atoms with E-state index in [4.69, 9.17) is 10.7 Å². The van der Waals surface area contributed by atoms with Crippen molar-refractivity contribution >= 4 is 5.91 Å². The molecule has 4 nitrogen and oxygen atoms in total. The van der Waals surface area contributed by atoms with E-state index in [0.29, 0.717) is 6.42 Å². The minimum Gasteiger partial charge on any atom is -0.353 e. The number of amides is 1. The lowest BCUT2D eigenvalue weighted by molar-refractivity contribution is -0.121. The van der Waals surface area contributed by atoms with Crippen LogP contribution in [0.4, 0.5) is 0 Å². The Balaban J connectivity index is 1.75. The minimum atomic E-state index is 0.0957.